The Morgan fingerprint density at radius 1 is 0.378 bits per heavy atom. The molecule has 111 heavy (non-hydrogen) atoms. The molecule has 0 atom stereocenters. The Morgan fingerprint density at radius 2 is 0.667 bits per heavy atom. The van der Waals surface area contributed by atoms with Gasteiger partial charge in [0.1, 0.15) is 52.4 Å². The van der Waals surface area contributed by atoms with Gasteiger partial charge in [0.05, 0.1) is 82.8 Å². The molecule has 0 radical (unpaired) electrons. The molecule has 9 rings (SSSR count). The number of anilines is 6. The van der Waals surface area contributed by atoms with Crippen molar-refractivity contribution in [1.29, 1.82) is 16.2 Å². The van der Waals surface area contributed by atoms with E-state index in [1.54, 1.807) is 92.8 Å². The molecule has 0 fully saturated rings. The Kier molecular flexibility index (Phi) is 31.5. The molecule has 0 aliphatic carbocycles. The zero-order valence-corrected chi connectivity index (χ0v) is 65.3. The smallest absolute Gasteiger partial charge is 0.258 e. The first-order valence-corrected chi connectivity index (χ1v) is 36.6. The maximum atomic E-state index is 14.8. The molecule has 6 aromatic carbocycles. The van der Waals surface area contributed by atoms with Crippen molar-refractivity contribution in [2.45, 2.75) is 14.7 Å². The highest BCUT2D eigenvalue weighted by atomic mass is 35.5. The number of rotatable bonds is 24. The summed E-state index contributed by atoms with van der Waals surface area (Å²) < 4.78 is 44.3. The van der Waals surface area contributed by atoms with E-state index in [4.69, 9.17) is 56.8 Å². The fourth-order valence-corrected chi connectivity index (χ4v) is 11.9. The van der Waals surface area contributed by atoms with Gasteiger partial charge in [-0.2, -0.15) is 0 Å². The van der Waals surface area contributed by atoms with E-state index in [0.29, 0.717) is 46.4 Å². The molecule has 9 aromatic rings. The summed E-state index contributed by atoms with van der Waals surface area (Å²) >= 11 is 21.1. The molecule has 0 spiro atoms. The van der Waals surface area contributed by atoms with Gasteiger partial charge in [0.15, 0.2) is 0 Å². The number of hydrogen-bond donors (Lipinski definition) is 11. The second-order valence-corrected chi connectivity index (χ2v) is 28.5. The summed E-state index contributed by atoms with van der Waals surface area (Å²) in [5.74, 6) is -6.13. The largest absolute Gasteiger partial charge is 0.369 e. The number of primary amides is 1. The standard InChI is InChI=1S/C26H26ClFN6O3S.C25H24ClFN6O3S.C24H22ClFN6O3S/c1-33(2)23(35)14-38-17-7-9-21(19(12-17)26(37)32-22-10-6-16(27)13-30-22)31-25(36)18-8-5-15(11-20(18)28)24(29)34(3)4;1-29-22(34)13-37-16-6-8-20(18(11-16)25(36)32-21-9-5-15(26)12-30-21)31-24(35)17-7-4-14(10-19(17)27)23(28)33(2)3;1-32(2)22(28)13-3-6-16(18(26)9-13)23(34)30-19-7-5-15(36-12-20(27)33)10-17(19)24(35)31-21-8-4-14(25)11-29-21/h5-13,29H,14H2,1-4H3,(H,31,36)(H,30,32,37);4-12,28H,13H2,1-3H3,(H,29,34)(H,31,35)(H,30,32,36);3-11,28H,12H2,1-2H3,(H2,27,33)(H,30,34)(H,29,31,35). The number of carbonyl (C=O) groups excluding carboxylic acids is 9. The molecular weight excluding hydrogens is 1560 g/mol. The van der Waals surface area contributed by atoms with Crippen molar-refractivity contribution in [2.75, 3.05) is 113 Å². The summed E-state index contributed by atoms with van der Waals surface area (Å²) in [7, 11) is 14.7. The molecule has 9 amide bonds. The second-order valence-electron chi connectivity index (χ2n) is 24.0. The Bertz CT molecular complexity index is 5050. The van der Waals surface area contributed by atoms with Gasteiger partial charge >= 0.3 is 0 Å². The monoisotopic (exact) mass is 1630 g/mol. The number of benzene rings is 6. The zero-order valence-electron chi connectivity index (χ0n) is 60.6. The Morgan fingerprint density at radius 3 is 0.919 bits per heavy atom. The van der Waals surface area contributed by atoms with Gasteiger partial charge in [0.2, 0.25) is 17.7 Å². The number of thioether (sulfide) groups is 3. The van der Waals surface area contributed by atoms with E-state index in [-0.39, 0.29) is 114 Å². The van der Waals surface area contributed by atoms with Crippen molar-refractivity contribution in [3.05, 3.63) is 247 Å². The third-order valence-electron chi connectivity index (χ3n) is 15.1. The number of aromatic nitrogens is 3. The third kappa shape index (κ3) is 25.3. The number of nitrogens with two attached hydrogens (primary N) is 1. The first-order chi connectivity index (χ1) is 52.6. The number of nitrogens with zero attached hydrogens (tertiary/aromatic N) is 7. The number of pyridine rings is 3. The van der Waals surface area contributed by atoms with Gasteiger partial charge in [-0.1, -0.05) is 53.0 Å². The summed E-state index contributed by atoms with van der Waals surface area (Å²) in [6.45, 7) is 0. The average molecular weight is 1630 g/mol. The van der Waals surface area contributed by atoms with Gasteiger partial charge in [-0.15, -0.1) is 35.3 Å². The minimum absolute atomic E-state index is 0.00891. The minimum Gasteiger partial charge on any atom is -0.369 e. The van der Waals surface area contributed by atoms with Crippen LogP contribution >= 0.6 is 70.1 Å². The van der Waals surface area contributed by atoms with Crippen LogP contribution < -0.4 is 43.0 Å². The predicted octanol–water partition coefficient (Wildman–Crippen LogP) is 12.4. The quantitative estimate of drug-likeness (QED) is 0.0152. The molecule has 0 unspecified atom stereocenters. The Hall–Kier alpha value is -11.9. The van der Waals surface area contributed by atoms with Crippen molar-refractivity contribution in [2.24, 2.45) is 5.73 Å². The summed E-state index contributed by atoms with van der Waals surface area (Å²) in [6, 6.07) is 34.7. The fraction of sp³-hybridized carbons (Fsp3) is 0.160. The van der Waals surface area contributed by atoms with E-state index in [1.165, 1.54) is 160 Å². The maximum absolute atomic E-state index is 14.8. The molecule has 0 aliphatic heterocycles. The first-order valence-electron chi connectivity index (χ1n) is 32.5. The number of nitrogens with one attached hydrogen (secondary N) is 10. The second kappa shape index (κ2) is 40.5. The van der Waals surface area contributed by atoms with Crippen LogP contribution in [-0.2, 0) is 14.4 Å². The maximum Gasteiger partial charge on any atom is 0.258 e. The van der Waals surface area contributed by atoms with Gasteiger partial charge in [-0.05, 0) is 127 Å². The SMILES string of the molecule is CN(C)C(=N)c1ccc(C(=O)Nc2ccc(SCC(=O)N(C)C)cc2C(=O)Nc2ccc(Cl)cn2)c(F)c1.CN(C)C(=N)c1ccc(C(=O)Nc2ccc(SCC(N)=O)cc2C(=O)Nc2ccc(Cl)cn2)c(F)c1.CNC(=O)CSc1ccc(NC(=O)c2ccc(C(=N)N(C)C)cc2F)c(C(=O)Nc2ccc(Cl)cn2)c1. The zero-order chi connectivity index (χ0) is 81.5. The van der Waals surface area contributed by atoms with E-state index in [2.05, 4.69) is 52.2 Å². The Labute approximate surface area is 663 Å². The first kappa shape index (κ1) is 86.4. The van der Waals surface area contributed by atoms with Crippen molar-refractivity contribution in [3.63, 3.8) is 0 Å². The number of halogens is 6. The lowest BCUT2D eigenvalue weighted by Gasteiger charge is -2.16. The molecule has 576 valence electrons. The van der Waals surface area contributed by atoms with Crippen molar-refractivity contribution >= 4 is 175 Å². The third-order valence-corrected chi connectivity index (χ3v) is 18.7. The van der Waals surface area contributed by atoms with Crippen LogP contribution in [0.4, 0.5) is 47.7 Å². The molecule has 36 heteroatoms. The summed E-state index contributed by atoms with van der Waals surface area (Å²) in [4.78, 5) is 133. The van der Waals surface area contributed by atoms with Crippen LogP contribution in [0.1, 0.15) is 78.8 Å². The molecule has 12 N–H and O–H groups in total. The lowest BCUT2D eigenvalue weighted by molar-refractivity contribution is -0.126. The van der Waals surface area contributed by atoms with Crippen LogP contribution in [0.15, 0.2) is 179 Å². The van der Waals surface area contributed by atoms with E-state index in [1.807, 2.05) is 0 Å². The topological polar surface area (TPSA) is 387 Å². The molecule has 0 saturated carbocycles. The number of amides is 9. The van der Waals surface area contributed by atoms with Crippen LogP contribution in [-0.4, -0.2) is 186 Å². The van der Waals surface area contributed by atoms with Gasteiger partial charge in [0.25, 0.3) is 35.4 Å². The summed E-state index contributed by atoms with van der Waals surface area (Å²) in [5, 5.41) is 43.3. The van der Waals surface area contributed by atoms with Crippen LogP contribution in [0, 0.1) is 33.7 Å². The van der Waals surface area contributed by atoms with E-state index in [0.717, 1.165) is 30.0 Å². The van der Waals surface area contributed by atoms with Crippen LogP contribution in [0.5, 0.6) is 0 Å². The van der Waals surface area contributed by atoms with E-state index < -0.39 is 58.8 Å². The minimum atomic E-state index is -0.818. The molecule has 0 saturated heterocycles. The van der Waals surface area contributed by atoms with Crippen LogP contribution in [0.25, 0.3) is 0 Å². The van der Waals surface area contributed by atoms with E-state index in [9.17, 15) is 56.3 Å². The van der Waals surface area contributed by atoms with Crippen LogP contribution in [0.3, 0.4) is 0 Å². The highest BCUT2D eigenvalue weighted by Gasteiger charge is 2.25. The molecule has 3 heterocycles. The van der Waals surface area contributed by atoms with Crippen LogP contribution in [0.2, 0.25) is 15.1 Å². The fourth-order valence-electron chi connectivity index (χ4n) is 9.16. The molecule has 0 aliphatic rings. The molecule has 0 bridgehead atoms. The highest BCUT2D eigenvalue weighted by molar-refractivity contribution is 8.00. The van der Waals surface area contributed by atoms with Gasteiger partial charge in [-0.25, -0.2) is 28.1 Å². The molecular formula is C75H72Cl3F3N18O9S3. The van der Waals surface area contributed by atoms with Gasteiger partial charge in [-0.3, -0.25) is 59.4 Å². The van der Waals surface area contributed by atoms with Gasteiger partial charge in [0, 0.05) is 113 Å². The molecule has 3 aromatic heterocycles. The van der Waals surface area contributed by atoms with E-state index >= 15 is 0 Å². The molecule has 27 nitrogen and oxygen atoms in total. The predicted molar refractivity (Wildman–Crippen MR) is 430 cm³/mol. The normalized spacial score (nSPS) is 10.4. The van der Waals surface area contributed by atoms with Crippen molar-refractivity contribution in [1.82, 2.24) is 39.9 Å². The summed E-state index contributed by atoms with van der Waals surface area (Å²) in [5.41, 5.74) is 5.98. The Balaban J connectivity index is 0.000000231. The van der Waals surface area contributed by atoms with Gasteiger partial charge < -0.3 is 62.6 Å². The lowest BCUT2D eigenvalue weighted by atomic mass is 10.1. The van der Waals surface area contributed by atoms with Crippen molar-refractivity contribution < 1.29 is 56.3 Å². The lowest BCUT2D eigenvalue weighted by Crippen LogP contribution is -2.23. The summed E-state index contributed by atoms with van der Waals surface area (Å²) in [6.07, 6.45) is 4.11. The number of hydrogen-bond acceptors (Lipinski definition) is 18. The average Bonchev–Trinajstić information content (AvgIpc) is 0.819. The highest BCUT2D eigenvalue weighted by Crippen LogP contribution is 2.31. The number of carbonyl (C=O) groups is 9. The number of amidine groups is 3. The van der Waals surface area contributed by atoms with Crippen molar-refractivity contribution in [3.8, 4) is 0 Å².